The van der Waals surface area contributed by atoms with Crippen molar-refractivity contribution in [3.63, 3.8) is 0 Å². The van der Waals surface area contributed by atoms with Crippen molar-refractivity contribution in [2.45, 2.75) is 30.9 Å². The molecule has 3 rings (SSSR count). The summed E-state index contributed by atoms with van der Waals surface area (Å²) in [4.78, 5) is 4.71. The van der Waals surface area contributed by atoms with Gasteiger partial charge in [0.05, 0.1) is 13.2 Å². The molecule has 0 bridgehead atoms. The monoisotopic (exact) mass is 317 g/mol. The van der Waals surface area contributed by atoms with E-state index in [0.717, 1.165) is 18.9 Å². The number of halogens is 1. The molecule has 2 aromatic rings. The first-order chi connectivity index (χ1) is 9.25. The lowest BCUT2D eigenvalue weighted by atomic mass is 9.95. The summed E-state index contributed by atoms with van der Waals surface area (Å²) in [5.74, 6) is 0.335. The average molecular weight is 318 g/mol. The summed E-state index contributed by atoms with van der Waals surface area (Å²) in [5.41, 5.74) is 5.03. The lowest BCUT2D eigenvalue weighted by Crippen LogP contribution is -2.04. The minimum atomic E-state index is 0.272. The van der Waals surface area contributed by atoms with Crippen LogP contribution in [0, 0.1) is 0 Å². The fourth-order valence-electron chi connectivity index (χ4n) is 2.45. The number of hydrogen-bond donors (Lipinski definition) is 0. The number of rotatable bonds is 3. The molecule has 2 nitrogen and oxygen atoms in total. The average Bonchev–Trinajstić information content (AvgIpc) is 2.94. The Morgan fingerprint density at radius 2 is 2.00 bits per heavy atom. The molecule has 1 aromatic carbocycles. The first-order valence-electron chi connectivity index (χ1n) is 6.50. The molecule has 1 aliphatic rings. The van der Waals surface area contributed by atoms with Gasteiger partial charge in [-0.3, -0.25) is 4.98 Å². The molecule has 3 heteroatoms. The van der Waals surface area contributed by atoms with Gasteiger partial charge in [-0.15, -0.1) is 0 Å². The summed E-state index contributed by atoms with van der Waals surface area (Å²) in [5, 5.41) is 0. The van der Waals surface area contributed by atoms with Gasteiger partial charge in [-0.05, 0) is 28.8 Å². The maximum atomic E-state index is 5.47. The Labute approximate surface area is 122 Å². The highest BCUT2D eigenvalue weighted by Gasteiger charge is 2.21. The molecule has 1 aromatic heterocycles. The van der Waals surface area contributed by atoms with Crippen LogP contribution in [0.2, 0.25) is 0 Å². The van der Waals surface area contributed by atoms with Crippen molar-refractivity contribution in [2.24, 2.45) is 0 Å². The van der Waals surface area contributed by atoms with E-state index in [9.17, 15) is 0 Å². The molecule has 2 heterocycles. The Morgan fingerprint density at radius 1 is 1.16 bits per heavy atom. The molecule has 0 aliphatic carbocycles. The lowest BCUT2D eigenvalue weighted by Gasteiger charge is -2.19. The van der Waals surface area contributed by atoms with Crippen molar-refractivity contribution in [2.75, 3.05) is 0 Å². The third kappa shape index (κ3) is 2.58. The Morgan fingerprint density at radius 3 is 2.79 bits per heavy atom. The summed E-state index contributed by atoms with van der Waals surface area (Å²) in [7, 11) is 0. The van der Waals surface area contributed by atoms with Crippen molar-refractivity contribution < 1.29 is 4.74 Å². The van der Waals surface area contributed by atoms with E-state index in [-0.39, 0.29) is 4.83 Å². The smallest absolute Gasteiger partial charge is 0.0725 e. The maximum Gasteiger partial charge on any atom is 0.0725 e. The molecule has 0 radical (unpaired) electrons. The van der Waals surface area contributed by atoms with E-state index < -0.39 is 0 Å². The second-order valence-electron chi connectivity index (χ2n) is 4.97. The zero-order valence-electron chi connectivity index (χ0n) is 10.8. The van der Waals surface area contributed by atoms with Gasteiger partial charge in [0, 0.05) is 22.6 Å². The topological polar surface area (TPSA) is 22.1 Å². The number of hydrogen-bond acceptors (Lipinski definition) is 2. The zero-order valence-corrected chi connectivity index (χ0v) is 12.4. The van der Waals surface area contributed by atoms with Crippen LogP contribution in [0.3, 0.4) is 0 Å². The van der Waals surface area contributed by atoms with Crippen LogP contribution in [0.15, 0.2) is 42.6 Å². The molecule has 2 unspecified atom stereocenters. The molecule has 0 saturated carbocycles. The largest absolute Gasteiger partial charge is 0.372 e. The van der Waals surface area contributed by atoms with E-state index in [1.807, 2.05) is 18.3 Å². The second kappa shape index (κ2) is 5.43. The molecule has 0 fully saturated rings. The van der Waals surface area contributed by atoms with Crippen molar-refractivity contribution in [1.82, 2.24) is 4.98 Å². The molecule has 98 valence electrons. The van der Waals surface area contributed by atoms with Crippen molar-refractivity contribution in [1.29, 1.82) is 0 Å². The van der Waals surface area contributed by atoms with Crippen LogP contribution in [-0.2, 0) is 18.0 Å². The van der Waals surface area contributed by atoms with Crippen molar-refractivity contribution in [3.8, 4) is 0 Å². The van der Waals surface area contributed by atoms with Gasteiger partial charge >= 0.3 is 0 Å². The summed E-state index contributed by atoms with van der Waals surface area (Å²) >= 11 is 3.82. The lowest BCUT2D eigenvalue weighted by molar-refractivity contribution is 0.134. The van der Waals surface area contributed by atoms with Crippen LogP contribution < -0.4 is 0 Å². The van der Waals surface area contributed by atoms with Crippen LogP contribution in [0.1, 0.15) is 40.1 Å². The number of pyridine rings is 1. The molecule has 2 atom stereocenters. The van der Waals surface area contributed by atoms with Crippen molar-refractivity contribution >= 4 is 15.9 Å². The minimum Gasteiger partial charge on any atom is -0.372 e. The highest BCUT2D eigenvalue weighted by Crippen LogP contribution is 2.38. The van der Waals surface area contributed by atoms with Crippen LogP contribution in [0.25, 0.3) is 0 Å². The normalized spacial score (nSPS) is 16.9. The molecule has 1 aliphatic heterocycles. The minimum absolute atomic E-state index is 0.272. The Kier molecular flexibility index (Phi) is 3.67. The number of benzene rings is 1. The highest BCUT2D eigenvalue weighted by atomic mass is 79.9. The molecular formula is C16H16BrNO. The van der Waals surface area contributed by atoms with Crippen molar-refractivity contribution in [3.05, 3.63) is 65.0 Å². The summed E-state index contributed by atoms with van der Waals surface area (Å²) in [6, 6.07) is 12.7. The van der Waals surface area contributed by atoms with E-state index in [1.165, 1.54) is 16.7 Å². The van der Waals surface area contributed by atoms with Gasteiger partial charge in [-0.1, -0.05) is 47.1 Å². The first kappa shape index (κ1) is 12.8. The van der Waals surface area contributed by atoms with Crippen LogP contribution >= 0.6 is 15.9 Å². The summed E-state index contributed by atoms with van der Waals surface area (Å²) in [6.45, 7) is 3.69. The number of aromatic nitrogens is 1. The third-order valence-corrected chi connectivity index (χ3v) is 4.98. The first-order valence-corrected chi connectivity index (χ1v) is 7.41. The van der Waals surface area contributed by atoms with Gasteiger partial charge in [-0.2, -0.15) is 0 Å². The molecule has 0 spiro atoms. The quantitative estimate of drug-likeness (QED) is 0.785. The van der Waals surface area contributed by atoms with E-state index in [2.05, 4.69) is 52.1 Å². The standard InChI is InChI=1S/C16H16BrNO/c1-11(15-4-2-3-7-18-15)16(17)12-5-6-13-9-19-10-14(13)8-12/h2-8,11,16H,9-10H2,1H3. The molecule has 19 heavy (non-hydrogen) atoms. The van der Waals surface area contributed by atoms with Crippen LogP contribution in [0.5, 0.6) is 0 Å². The second-order valence-corrected chi connectivity index (χ2v) is 5.95. The predicted octanol–water partition coefficient (Wildman–Crippen LogP) is 4.35. The van der Waals surface area contributed by atoms with Gasteiger partial charge in [0.25, 0.3) is 0 Å². The van der Waals surface area contributed by atoms with E-state index >= 15 is 0 Å². The van der Waals surface area contributed by atoms with E-state index in [1.54, 1.807) is 0 Å². The Bertz CT molecular complexity index is 570. The van der Waals surface area contributed by atoms with Crippen LogP contribution in [0.4, 0.5) is 0 Å². The zero-order chi connectivity index (χ0) is 13.2. The third-order valence-electron chi connectivity index (χ3n) is 3.66. The van der Waals surface area contributed by atoms with Gasteiger partial charge in [-0.25, -0.2) is 0 Å². The molecular weight excluding hydrogens is 302 g/mol. The fraction of sp³-hybridized carbons (Fsp3) is 0.312. The van der Waals surface area contributed by atoms with Crippen LogP contribution in [-0.4, -0.2) is 4.98 Å². The molecule has 0 amide bonds. The summed E-state index contributed by atoms with van der Waals surface area (Å²) < 4.78 is 5.47. The van der Waals surface area contributed by atoms with Gasteiger partial charge in [0.15, 0.2) is 0 Å². The van der Waals surface area contributed by atoms with Gasteiger partial charge in [0.1, 0.15) is 0 Å². The van der Waals surface area contributed by atoms with E-state index in [0.29, 0.717) is 5.92 Å². The summed E-state index contributed by atoms with van der Waals surface area (Å²) in [6.07, 6.45) is 1.85. The number of fused-ring (bicyclic) bond motifs is 1. The number of ether oxygens (including phenoxy) is 1. The molecule has 0 saturated heterocycles. The Hall–Kier alpha value is -1.19. The maximum absolute atomic E-state index is 5.47. The van der Waals surface area contributed by atoms with Gasteiger partial charge in [0.2, 0.25) is 0 Å². The number of alkyl halides is 1. The Balaban J connectivity index is 1.86. The SMILES string of the molecule is CC(c1ccccn1)C(Br)c1ccc2c(c1)COC2. The van der Waals surface area contributed by atoms with E-state index in [4.69, 9.17) is 4.74 Å². The van der Waals surface area contributed by atoms with Gasteiger partial charge < -0.3 is 4.74 Å². The fourth-order valence-corrected chi connectivity index (χ4v) is 3.00. The molecule has 0 N–H and O–H groups in total. The predicted molar refractivity (Wildman–Crippen MR) is 79.3 cm³/mol. The number of nitrogens with zero attached hydrogens (tertiary/aromatic N) is 1. The highest BCUT2D eigenvalue weighted by molar-refractivity contribution is 9.09.